The molecule has 0 spiro atoms. The first-order chi connectivity index (χ1) is 13.6. The summed E-state index contributed by atoms with van der Waals surface area (Å²) in [5, 5.41) is 4.65. The van der Waals surface area contributed by atoms with Crippen LogP contribution in [-0.2, 0) is 11.2 Å². The van der Waals surface area contributed by atoms with Crippen LogP contribution in [0.1, 0.15) is 5.56 Å². The van der Waals surface area contributed by atoms with E-state index in [4.69, 9.17) is 11.6 Å². The molecule has 0 atom stereocenters. The highest BCUT2D eigenvalue weighted by Crippen LogP contribution is 2.34. The molecule has 4 aromatic rings. The summed E-state index contributed by atoms with van der Waals surface area (Å²) in [6, 6.07) is 24.0. The van der Waals surface area contributed by atoms with Gasteiger partial charge >= 0.3 is 0 Å². The van der Waals surface area contributed by atoms with E-state index in [2.05, 4.69) is 5.32 Å². The molecule has 3 aromatic carbocycles. The minimum Gasteiger partial charge on any atom is -0.317 e. The van der Waals surface area contributed by atoms with Crippen LogP contribution in [0.2, 0.25) is 5.02 Å². The third kappa shape index (κ3) is 3.84. The lowest BCUT2D eigenvalue weighted by Crippen LogP contribution is -2.17. The first-order valence-corrected chi connectivity index (χ1v) is 9.97. The zero-order chi connectivity index (χ0) is 19.5. The van der Waals surface area contributed by atoms with Crippen LogP contribution in [0.5, 0.6) is 0 Å². The van der Waals surface area contributed by atoms with Crippen LogP contribution in [0.15, 0.2) is 83.7 Å². The number of hydrogen-bond acceptors (Lipinski definition) is 3. The van der Waals surface area contributed by atoms with Crippen molar-refractivity contribution in [1.29, 1.82) is 0 Å². The normalized spacial score (nSPS) is 10.8. The molecule has 0 aliphatic rings. The fourth-order valence-corrected chi connectivity index (χ4v) is 4.39. The molecule has 1 amide bonds. The van der Waals surface area contributed by atoms with E-state index in [1.165, 1.54) is 11.3 Å². The number of fused-ring (bicyclic) bond motifs is 1. The first kappa shape index (κ1) is 18.4. The molecule has 28 heavy (non-hydrogen) atoms. The van der Waals surface area contributed by atoms with E-state index < -0.39 is 0 Å². The maximum atomic E-state index is 13.2. The third-order valence-electron chi connectivity index (χ3n) is 4.37. The second kappa shape index (κ2) is 7.97. The van der Waals surface area contributed by atoms with E-state index >= 15 is 0 Å². The largest absolute Gasteiger partial charge is 0.317 e. The summed E-state index contributed by atoms with van der Waals surface area (Å²) >= 11 is 7.54. The molecule has 0 fully saturated rings. The molecule has 0 saturated carbocycles. The van der Waals surface area contributed by atoms with Crippen molar-refractivity contribution >= 4 is 43.9 Å². The minimum atomic E-state index is -0.166. The summed E-state index contributed by atoms with van der Waals surface area (Å²) in [7, 11) is 0. The van der Waals surface area contributed by atoms with Crippen molar-refractivity contribution in [1.82, 2.24) is 0 Å². The highest BCUT2D eigenvalue weighted by Gasteiger charge is 2.17. The second-order valence-corrected chi connectivity index (χ2v) is 7.84. The van der Waals surface area contributed by atoms with Gasteiger partial charge in [0.2, 0.25) is 5.91 Å². The lowest BCUT2D eigenvalue weighted by Gasteiger charge is -2.12. The molecule has 5 heteroatoms. The molecule has 1 heterocycles. The van der Waals surface area contributed by atoms with E-state index in [1.54, 1.807) is 24.3 Å². The topological polar surface area (TPSA) is 46.2 Å². The molecule has 0 bridgehead atoms. The SMILES string of the molecule is O=C(Cc1ccccc1)Nc1sc2ccccc2c(=O)c1-c1cccc(Cl)c1. The van der Waals surface area contributed by atoms with Gasteiger partial charge in [0.05, 0.1) is 12.0 Å². The molecule has 0 aliphatic carbocycles. The lowest BCUT2D eigenvalue weighted by atomic mass is 10.1. The Hall–Kier alpha value is -2.95. The Bertz CT molecular complexity index is 1220. The summed E-state index contributed by atoms with van der Waals surface area (Å²) in [4.78, 5) is 25.9. The van der Waals surface area contributed by atoms with Crippen LogP contribution >= 0.6 is 22.9 Å². The van der Waals surface area contributed by atoms with Crippen LogP contribution in [-0.4, -0.2) is 5.91 Å². The van der Waals surface area contributed by atoms with Crippen LogP contribution in [0.4, 0.5) is 5.00 Å². The first-order valence-electron chi connectivity index (χ1n) is 8.77. The zero-order valence-corrected chi connectivity index (χ0v) is 16.4. The van der Waals surface area contributed by atoms with Gasteiger partial charge in [-0.25, -0.2) is 0 Å². The third-order valence-corrected chi connectivity index (χ3v) is 5.69. The smallest absolute Gasteiger partial charge is 0.229 e. The Kier molecular flexibility index (Phi) is 5.24. The van der Waals surface area contributed by atoms with Gasteiger partial charge in [0, 0.05) is 15.1 Å². The van der Waals surface area contributed by atoms with E-state index in [0.29, 0.717) is 26.5 Å². The van der Waals surface area contributed by atoms with Crippen molar-refractivity contribution in [3.05, 3.63) is 99.7 Å². The molecule has 0 aliphatic heterocycles. The van der Waals surface area contributed by atoms with Gasteiger partial charge in [0.25, 0.3) is 0 Å². The number of anilines is 1. The number of carbonyl (C=O) groups excluding carboxylic acids is 1. The molecule has 0 saturated heterocycles. The summed E-state index contributed by atoms with van der Waals surface area (Å²) in [5.41, 5.74) is 1.95. The van der Waals surface area contributed by atoms with E-state index in [1.807, 2.05) is 54.6 Å². The van der Waals surface area contributed by atoms with Gasteiger partial charge in [-0.05, 0) is 35.4 Å². The Labute approximate surface area is 171 Å². The van der Waals surface area contributed by atoms with Crippen LogP contribution < -0.4 is 10.7 Å². The predicted octanol–water partition coefficient (Wildman–Crippen LogP) is 5.76. The fraction of sp³-hybridized carbons (Fsp3) is 0.0435. The average Bonchev–Trinajstić information content (AvgIpc) is 2.69. The maximum Gasteiger partial charge on any atom is 0.229 e. The van der Waals surface area contributed by atoms with Gasteiger partial charge in [-0.2, -0.15) is 0 Å². The van der Waals surface area contributed by atoms with Crippen LogP contribution in [0, 0.1) is 0 Å². The Morgan fingerprint density at radius 2 is 1.68 bits per heavy atom. The molecule has 1 aromatic heterocycles. The van der Waals surface area contributed by atoms with Gasteiger partial charge in [0.15, 0.2) is 5.43 Å². The van der Waals surface area contributed by atoms with Crippen molar-refractivity contribution in [2.24, 2.45) is 0 Å². The van der Waals surface area contributed by atoms with Gasteiger partial charge < -0.3 is 5.32 Å². The lowest BCUT2D eigenvalue weighted by molar-refractivity contribution is -0.115. The number of carbonyl (C=O) groups is 1. The molecule has 3 nitrogen and oxygen atoms in total. The van der Waals surface area contributed by atoms with Gasteiger partial charge in [0.1, 0.15) is 5.00 Å². The van der Waals surface area contributed by atoms with Crippen molar-refractivity contribution in [2.45, 2.75) is 6.42 Å². The summed E-state index contributed by atoms with van der Waals surface area (Å²) in [5.74, 6) is -0.166. The summed E-state index contributed by atoms with van der Waals surface area (Å²) in [6.45, 7) is 0. The minimum absolute atomic E-state index is 0.119. The standard InChI is InChI=1S/C23H16ClNO2S/c24-17-10-6-9-16(14-17)21-22(27)18-11-4-5-12-19(18)28-23(21)25-20(26)13-15-7-2-1-3-8-15/h1-12,14H,13H2,(H,25,26). The monoisotopic (exact) mass is 405 g/mol. The summed E-state index contributed by atoms with van der Waals surface area (Å²) in [6.07, 6.45) is 0.240. The Morgan fingerprint density at radius 3 is 2.46 bits per heavy atom. The highest BCUT2D eigenvalue weighted by molar-refractivity contribution is 7.22. The summed E-state index contributed by atoms with van der Waals surface area (Å²) < 4.78 is 0.827. The molecule has 1 N–H and O–H groups in total. The number of benzene rings is 3. The van der Waals surface area contributed by atoms with Crippen molar-refractivity contribution in [3.63, 3.8) is 0 Å². The molecular weight excluding hydrogens is 390 g/mol. The van der Waals surface area contributed by atoms with Crippen molar-refractivity contribution in [3.8, 4) is 11.1 Å². The molecular formula is C23H16ClNO2S. The molecule has 4 rings (SSSR count). The van der Waals surface area contributed by atoms with Gasteiger partial charge in [-0.3, -0.25) is 9.59 Å². The quantitative estimate of drug-likeness (QED) is 0.469. The van der Waals surface area contributed by atoms with Crippen LogP contribution in [0.3, 0.4) is 0 Å². The molecule has 0 radical (unpaired) electrons. The second-order valence-electron chi connectivity index (χ2n) is 6.35. The highest BCUT2D eigenvalue weighted by atomic mass is 35.5. The van der Waals surface area contributed by atoms with Crippen LogP contribution in [0.25, 0.3) is 21.2 Å². The van der Waals surface area contributed by atoms with E-state index in [-0.39, 0.29) is 17.8 Å². The van der Waals surface area contributed by atoms with E-state index in [0.717, 1.165) is 10.3 Å². The average molecular weight is 406 g/mol. The maximum absolute atomic E-state index is 13.2. The Morgan fingerprint density at radius 1 is 0.929 bits per heavy atom. The van der Waals surface area contributed by atoms with Gasteiger partial charge in [-0.1, -0.05) is 66.2 Å². The zero-order valence-electron chi connectivity index (χ0n) is 14.8. The number of rotatable bonds is 4. The number of halogens is 1. The molecule has 138 valence electrons. The van der Waals surface area contributed by atoms with Crippen molar-refractivity contribution < 1.29 is 4.79 Å². The number of amides is 1. The Balaban J connectivity index is 1.81. The number of nitrogens with one attached hydrogen (secondary N) is 1. The predicted molar refractivity (Wildman–Crippen MR) is 117 cm³/mol. The van der Waals surface area contributed by atoms with Crippen molar-refractivity contribution in [2.75, 3.05) is 5.32 Å². The fourth-order valence-electron chi connectivity index (χ4n) is 3.09. The molecule has 0 unspecified atom stereocenters. The van der Waals surface area contributed by atoms with Gasteiger partial charge in [-0.15, -0.1) is 11.3 Å². The number of hydrogen-bond donors (Lipinski definition) is 1. The van der Waals surface area contributed by atoms with E-state index in [9.17, 15) is 9.59 Å².